The van der Waals surface area contributed by atoms with Crippen molar-refractivity contribution in [2.24, 2.45) is 16.1 Å². The Hall–Kier alpha value is -2.59. The molecule has 2 atom stereocenters. The van der Waals surface area contributed by atoms with Crippen LogP contribution in [0.25, 0.3) is 10.9 Å². The number of hydrogen-bond acceptors (Lipinski definition) is 3. The van der Waals surface area contributed by atoms with Gasteiger partial charge in [-0.25, -0.2) is 0 Å². The number of fused-ring (bicyclic) bond motifs is 1. The minimum absolute atomic E-state index is 0.0415. The number of benzene rings is 2. The number of oxime groups is 1. The maximum absolute atomic E-state index is 6.16. The number of halogens is 1. The smallest absolute Gasteiger partial charge is 0.134 e. The van der Waals surface area contributed by atoms with E-state index in [1.54, 1.807) is 0 Å². The number of aliphatic imine (C=N–C) groups is 1. The monoisotopic (exact) mass is 451 g/mol. The van der Waals surface area contributed by atoms with E-state index in [1.807, 2.05) is 38.2 Å². The Balaban J connectivity index is 1.62. The van der Waals surface area contributed by atoms with Gasteiger partial charge in [0.15, 0.2) is 0 Å². The van der Waals surface area contributed by atoms with Gasteiger partial charge in [-0.05, 0) is 74.4 Å². The molecule has 1 heterocycles. The van der Waals surface area contributed by atoms with Gasteiger partial charge in [-0.1, -0.05) is 54.9 Å². The van der Waals surface area contributed by atoms with Crippen molar-refractivity contribution >= 4 is 33.9 Å². The van der Waals surface area contributed by atoms with Crippen molar-refractivity contribution < 1.29 is 4.84 Å². The van der Waals surface area contributed by atoms with E-state index in [4.69, 9.17) is 21.4 Å². The van der Waals surface area contributed by atoms with E-state index in [-0.39, 0.29) is 6.10 Å². The van der Waals surface area contributed by atoms with E-state index >= 15 is 0 Å². The highest BCUT2D eigenvalue weighted by molar-refractivity contribution is 6.40. The predicted molar refractivity (Wildman–Crippen MR) is 137 cm³/mol. The summed E-state index contributed by atoms with van der Waals surface area (Å²) in [4.78, 5) is 14.1. The van der Waals surface area contributed by atoms with E-state index < -0.39 is 0 Å². The molecule has 0 radical (unpaired) electrons. The minimum atomic E-state index is 0.0415. The summed E-state index contributed by atoms with van der Waals surface area (Å²) in [6.45, 7) is 11.2. The van der Waals surface area contributed by atoms with Crippen LogP contribution in [0.3, 0.4) is 0 Å². The van der Waals surface area contributed by atoms with Crippen LogP contribution in [0.2, 0.25) is 5.02 Å². The van der Waals surface area contributed by atoms with Crippen LogP contribution in [0.15, 0.2) is 58.8 Å². The minimum Gasteiger partial charge on any atom is -0.392 e. The van der Waals surface area contributed by atoms with E-state index in [0.717, 1.165) is 46.6 Å². The number of aryl methyl sites for hydroxylation is 1. The maximum Gasteiger partial charge on any atom is 0.134 e. The molecule has 32 heavy (non-hydrogen) atoms. The number of rotatable bonds is 10. The van der Waals surface area contributed by atoms with Crippen molar-refractivity contribution in [1.82, 2.24) is 4.98 Å². The lowest BCUT2D eigenvalue weighted by Gasteiger charge is -2.22. The molecule has 3 aromatic rings. The number of nitrogens with one attached hydrogen (secondary N) is 1. The Labute approximate surface area is 196 Å². The Kier molecular flexibility index (Phi) is 8.52. The van der Waals surface area contributed by atoms with Gasteiger partial charge in [-0.2, -0.15) is 0 Å². The number of aromatic amines is 1. The van der Waals surface area contributed by atoms with Crippen molar-refractivity contribution in [3.63, 3.8) is 0 Å². The van der Waals surface area contributed by atoms with Gasteiger partial charge < -0.3 is 9.82 Å². The van der Waals surface area contributed by atoms with Crippen LogP contribution in [0.4, 0.5) is 0 Å². The molecular weight excluding hydrogens is 418 g/mol. The first-order valence-electron chi connectivity index (χ1n) is 11.4. The lowest BCUT2D eigenvalue weighted by molar-refractivity contribution is 0.0208. The maximum atomic E-state index is 6.16. The Bertz CT molecular complexity index is 1100. The quantitative estimate of drug-likeness (QED) is 0.257. The third-order valence-corrected chi connectivity index (χ3v) is 6.50. The molecule has 1 aromatic heterocycles. The zero-order chi connectivity index (χ0) is 23.1. The first-order chi connectivity index (χ1) is 15.4. The molecule has 4 nitrogen and oxygen atoms in total. The molecule has 0 aliphatic rings. The van der Waals surface area contributed by atoms with Crippen molar-refractivity contribution in [2.45, 2.75) is 60.0 Å². The third kappa shape index (κ3) is 6.23. The van der Waals surface area contributed by atoms with Crippen LogP contribution in [0.1, 0.15) is 50.8 Å². The normalized spacial score (nSPS) is 14.6. The molecule has 0 amide bonds. The van der Waals surface area contributed by atoms with E-state index in [9.17, 15) is 0 Å². The van der Waals surface area contributed by atoms with Gasteiger partial charge in [-0.15, -0.1) is 0 Å². The fourth-order valence-electron chi connectivity index (χ4n) is 3.69. The summed E-state index contributed by atoms with van der Waals surface area (Å²) >= 11 is 6.16. The average molecular weight is 452 g/mol. The predicted octanol–water partition coefficient (Wildman–Crippen LogP) is 7.18. The van der Waals surface area contributed by atoms with Gasteiger partial charge >= 0.3 is 0 Å². The highest BCUT2D eigenvalue weighted by atomic mass is 35.5. The molecule has 170 valence electrons. The zero-order valence-corrected chi connectivity index (χ0v) is 20.5. The summed E-state index contributed by atoms with van der Waals surface area (Å²) in [6.07, 6.45) is 4.83. The van der Waals surface area contributed by atoms with Crippen LogP contribution >= 0.6 is 11.6 Å². The van der Waals surface area contributed by atoms with Crippen molar-refractivity contribution in [3.8, 4) is 0 Å². The lowest BCUT2D eigenvalue weighted by atomic mass is 9.94. The molecule has 0 saturated carbocycles. The molecule has 1 N–H and O–H groups in total. The second kappa shape index (κ2) is 11.3. The van der Waals surface area contributed by atoms with E-state index in [0.29, 0.717) is 12.5 Å². The first-order valence-corrected chi connectivity index (χ1v) is 11.8. The number of H-pyrrole nitrogens is 1. The van der Waals surface area contributed by atoms with Gasteiger partial charge in [0.1, 0.15) is 6.10 Å². The summed E-state index contributed by atoms with van der Waals surface area (Å²) in [5.74, 6) is 0.414. The van der Waals surface area contributed by atoms with Gasteiger partial charge in [0.25, 0.3) is 0 Å². The van der Waals surface area contributed by atoms with Crippen molar-refractivity contribution in [2.75, 3.05) is 6.54 Å². The van der Waals surface area contributed by atoms with Crippen molar-refractivity contribution in [3.05, 3.63) is 70.4 Å². The zero-order valence-electron chi connectivity index (χ0n) is 19.8. The van der Waals surface area contributed by atoms with Crippen LogP contribution < -0.4 is 0 Å². The molecule has 5 heteroatoms. The fraction of sp³-hybridized carbons (Fsp3) is 0.407. The van der Waals surface area contributed by atoms with E-state index in [2.05, 4.69) is 55.2 Å². The Morgan fingerprint density at radius 3 is 2.62 bits per heavy atom. The number of hydrogen-bond donors (Lipinski definition) is 1. The molecule has 0 spiro atoms. The SMILES string of the molecule is CCC(C)C(Cc1ccccc1C)ON=C(C)C(C)=NCCc1c[nH]c2ccc(Cl)cc12. The molecule has 0 saturated heterocycles. The molecule has 2 unspecified atom stereocenters. The third-order valence-electron chi connectivity index (χ3n) is 6.27. The Morgan fingerprint density at radius 1 is 1.09 bits per heavy atom. The molecule has 0 bridgehead atoms. The first kappa shape index (κ1) is 24.1. The fourth-order valence-corrected chi connectivity index (χ4v) is 3.86. The second-order valence-corrected chi connectivity index (χ2v) is 8.99. The lowest BCUT2D eigenvalue weighted by Crippen LogP contribution is -2.24. The number of nitrogens with zero attached hydrogens (tertiary/aromatic N) is 2. The summed E-state index contributed by atoms with van der Waals surface area (Å²) in [7, 11) is 0. The van der Waals surface area contributed by atoms with Crippen LogP contribution in [-0.4, -0.2) is 29.1 Å². The molecule has 0 fully saturated rings. The largest absolute Gasteiger partial charge is 0.392 e. The summed E-state index contributed by atoms with van der Waals surface area (Å²) in [6, 6.07) is 14.4. The van der Waals surface area contributed by atoms with Gasteiger partial charge in [0.2, 0.25) is 0 Å². The van der Waals surface area contributed by atoms with Crippen LogP contribution in [0, 0.1) is 12.8 Å². The topological polar surface area (TPSA) is 49.7 Å². The Morgan fingerprint density at radius 2 is 1.88 bits per heavy atom. The summed E-state index contributed by atoms with van der Waals surface area (Å²) in [5.41, 5.74) is 6.66. The molecular formula is C27H34ClN3O. The van der Waals surface area contributed by atoms with E-state index in [1.165, 1.54) is 16.7 Å². The van der Waals surface area contributed by atoms with Crippen LogP contribution in [0.5, 0.6) is 0 Å². The molecule has 0 aliphatic carbocycles. The molecule has 3 rings (SSSR count). The van der Waals surface area contributed by atoms with Crippen molar-refractivity contribution in [1.29, 1.82) is 0 Å². The molecule has 2 aromatic carbocycles. The number of aromatic nitrogens is 1. The summed E-state index contributed by atoms with van der Waals surface area (Å²) < 4.78 is 0. The average Bonchev–Trinajstić information content (AvgIpc) is 3.18. The van der Waals surface area contributed by atoms with Crippen LogP contribution in [-0.2, 0) is 17.7 Å². The van der Waals surface area contributed by atoms with Gasteiger partial charge in [-0.3, -0.25) is 4.99 Å². The standard InChI is InChI=1S/C27H34ClN3O/c1-6-18(2)27(15-22-10-8-7-9-19(22)3)32-31-21(5)20(4)29-14-13-23-17-30-26-12-11-24(28)16-25(23)26/h7-12,16-18,27,30H,6,13-15H2,1-5H3. The second-order valence-electron chi connectivity index (χ2n) is 8.56. The van der Waals surface area contributed by atoms with Gasteiger partial charge in [0.05, 0.1) is 11.4 Å². The van der Waals surface area contributed by atoms with Gasteiger partial charge in [0, 0.05) is 35.1 Å². The highest BCUT2D eigenvalue weighted by Gasteiger charge is 2.19. The molecule has 0 aliphatic heterocycles. The summed E-state index contributed by atoms with van der Waals surface area (Å²) in [5, 5.41) is 6.37. The highest BCUT2D eigenvalue weighted by Crippen LogP contribution is 2.23.